The number of ether oxygens (including phenoxy) is 1. The number of hydrogen-bond donors (Lipinski definition) is 2. The molecule has 3 unspecified atom stereocenters. The Bertz CT molecular complexity index is 1300. The van der Waals surface area contributed by atoms with E-state index >= 15 is 0 Å². The van der Waals surface area contributed by atoms with Crippen LogP contribution in [0.2, 0.25) is 0 Å². The van der Waals surface area contributed by atoms with Crippen LogP contribution in [0, 0.1) is 5.92 Å². The smallest absolute Gasteiger partial charge is 0.169 e. The van der Waals surface area contributed by atoms with Crippen LogP contribution < -0.4 is 15.8 Å². The zero-order chi connectivity index (χ0) is 21.7. The van der Waals surface area contributed by atoms with Gasteiger partial charge in [-0.15, -0.1) is 0 Å². The normalized spacial score (nSPS) is 22.6. The maximum Gasteiger partial charge on any atom is 0.169 e. The lowest BCUT2D eigenvalue weighted by molar-refractivity contribution is 0.290. The zero-order valence-electron chi connectivity index (χ0n) is 18.3. The minimum atomic E-state index is 0.284. The van der Waals surface area contributed by atoms with Gasteiger partial charge in [-0.3, -0.25) is 0 Å². The Morgan fingerprint density at radius 3 is 3.06 bits per heavy atom. The second-order valence-electron chi connectivity index (χ2n) is 9.31. The Kier molecular flexibility index (Phi) is 4.63. The highest BCUT2D eigenvalue weighted by molar-refractivity contribution is 5.86. The highest BCUT2D eigenvalue weighted by Crippen LogP contribution is 2.39. The zero-order valence-corrected chi connectivity index (χ0v) is 18.3. The number of nitrogens with zero attached hydrogens (tertiary/aromatic N) is 4. The van der Waals surface area contributed by atoms with E-state index in [2.05, 4.69) is 57.2 Å². The Morgan fingerprint density at radius 1 is 1.19 bits per heavy atom. The van der Waals surface area contributed by atoms with Crippen LogP contribution >= 0.6 is 0 Å². The number of nitrogen functional groups attached to an aromatic ring is 1. The van der Waals surface area contributed by atoms with E-state index in [1.54, 1.807) is 6.33 Å². The van der Waals surface area contributed by atoms with E-state index in [0.29, 0.717) is 18.5 Å². The van der Waals surface area contributed by atoms with Crippen LogP contribution in [-0.4, -0.2) is 32.2 Å². The second-order valence-corrected chi connectivity index (χ2v) is 9.31. The molecule has 1 aliphatic heterocycles. The second kappa shape index (κ2) is 7.65. The van der Waals surface area contributed by atoms with Crippen LogP contribution in [0.3, 0.4) is 0 Å². The van der Waals surface area contributed by atoms with Crippen molar-refractivity contribution in [3.8, 4) is 5.75 Å². The molecule has 1 saturated carbocycles. The summed E-state index contributed by atoms with van der Waals surface area (Å²) in [6.45, 7) is 2.79. The molecule has 3 N–H and O–H groups in total. The fourth-order valence-corrected chi connectivity index (χ4v) is 5.27. The summed E-state index contributed by atoms with van der Waals surface area (Å²) < 4.78 is 8.12. The predicted octanol–water partition coefficient (Wildman–Crippen LogP) is 4.73. The first-order valence-electron chi connectivity index (χ1n) is 11.5. The average molecular weight is 429 g/mol. The van der Waals surface area contributed by atoms with E-state index in [4.69, 9.17) is 15.5 Å². The number of pyridine rings is 1. The molecule has 0 spiro atoms. The molecule has 3 aromatic heterocycles. The lowest BCUT2D eigenvalue weighted by atomic mass is 9.97. The summed E-state index contributed by atoms with van der Waals surface area (Å²) >= 11 is 0. The Labute approximate surface area is 187 Å². The van der Waals surface area contributed by atoms with E-state index in [1.165, 1.54) is 31.2 Å². The number of hydrogen-bond acceptors (Lipinski definition) is 6. The largest absolute Gasteiger partial charge is 0.488 e. The minimum Gasteiger partial charge on any atom is -0.488 e. The van der Waals surface area contributed by atoms with Crippen molar-refractivity contribution in [3.05, 3.63) is 48.4 Å². The lowest BCUT2D eigenvalue weighted by Gasteiger charge is -2.24. The van der Waals surface area contributed by atoms with Crippen molar-refractivity contribution in [1.29, 1.82) is 0 Å². The number of rotatable bonds is 4. The van der Waals surface area contributed by atoms with E-state index in [1.807, 2.05) is 6.07 Å². The minimum absolute atomic E-state index is 0.284. The third kappa shape index (κ3) is 3.42. The molecule has 2 aliphatic rings. The molecule has 1 fully saturated rings. The fraction of sp³-hybridized carbons (Fsp3) is 0.400. The van der Waals surface area contributed by atoms with Gasteiger partial charge in [0.05, 0.1) is 16.9 Å². The van der Waals surface area contributed by atoms with E-state index in [0.717, 1.165) is 45.8 Å². The topological polar surface area (TPSA) is 90.9 Å². The van der Waals surface area contributed by atoms with Crippen molar-refractivity contribution in [2.75, 3.05) is 17.7 Å². The van der Waals surface area contributed by atoms with Crippen LogP contribution in [0.15, 0.2) is 42.9 Å². The first kappa shape index (κ1) is 19.3. The SMILES string of the molecule is CC1COc2cc3ccc(CCC4CCC(n5ccc6c(N)ncnc65)C4)cc3nc2N1. The van der Waals surface area contributed by atoms with Gasteiger partial charge in [-0.25, -0.2) is 15.0 Å². The molecule has 0 radical (unpaired) electrons. The van der Waals surface area contributed by atoms with Gasteiger partial charge in [0.2, 0.25) is 0 Å². The standard InChI is InChI=1S/C25H28N6O/c1-15-13-32-22-12-18-6-4-17(11-21(18)30-24(22)29-15)3-2-16-5-7-19(10-16)31-9-8-20-23(26)27-14-28-25(20)31/h4,6,8-9,11-12,14-16,19H,2-3,5,7,10,13H2,1H3,(H,29,30)(H2,26,27,28). The van der Waals surface area contributed by atoms with Crippen LogP contribution in [0.25, 0.3) is 21.9 Å². The van der Waals surface area contributed by atoms with Crippen LogP contribution in [-0.2, 0) is 6.42 Å². The molecule has 0 amide bonds. The molecule has 32 heavy (non-hydrogen) atoms. The number of aryl methyl sites for hydroxylation is 1. The number of aromatic nitrogens is 4. The average Bonchev–Trinajstić information content (AvgIpc) is 3.44. The molecule has 4 heterocycles. The summed E-state index contributed by atoms with van der Waals surface area (Å²) in [4.78, 5) is 13.4. The molecule has 4 aromatic rings. The van der Waals surface area contributed by atoms with Gasteiger partial charge in [-0.1, -0.05) is 12.1 Å². The van der Waals surface area contributed by atoms with Gasteiger partial charge in [0.25, 0.3) is 0 Å². The van der Waals surface area contributed by atoms with Gasteiger partial charge in [-0.05, 0) is 68.7 Å². The van der Waals surface area contributed by atoms with Crippen molar-refractivity contribution in [2.45, 2.75) is 51.1 Å². The molecule has 1 aliphatic carbocycles. The number of fused-ring (bicyclic) bond motifs is 3. The first-order chi connectivity index (χ1) is 15.6. The lowest BCUT2D eigenvalue weighted by Crippen LogP contribution is -2.28. The Morgan fingerprint density at radius 2 is 2.12 bits per heavy atom. The molecule has 7 nitrogen and oxygen atoms in total. The number of nitrogens with two attached hydrogens (primary N) is 1. The third-order valence-corrected chi connectivity index (χ3v) is 7.01. The maximum atomic E-state index is 6.01. The maximum absolute atomic E-state index is 6.01. The first-order valence-corrected chi connectivity index (χ1v) is 11.5. The highest BCUT2D eigenvalue weighted by atomic mass is 16.5. The van der Waals surface area contributed by atoms with E-state index in [9.17, 15) is 0 Å². The van der Waals surface area contributed by atoms with E-state index < -0.39 is 0 Å². The molecule has 0 bridgehead atoms. The van der Waals surface area contributed by atoms with Crippen molar-refractivity contribution in [3.63, 3.8) is 0 Å². The van der Waals surface area contributed by atoms with Crippen molar-refractivity contribution >= 4 is 33.6 Å². The summed E-state index contributed by atoms with van der Waals surface area (Å²) in [5.74, 6) is 2.99. The highest BCUT2D eigenvalue weighted by Gasteiger charge is 2.27. The molecule has 7 heteroatoms. The Balaban J connectivity index is 1.14. The van der Waals surface area contributed by atoms with Crippen LogP contribution in [0.4, 0.5) is 11.6 Å². The molecule has 164 valence electrons. The third-order valence-electron chi connectivity index (χ3n) is 7.01. The van der Waals surface area contributed by atoms with Crippen molar-refractivity contribution in [1.82, 2.24) is 19.5 Å². The van der Waals surface area contributed by atoms with Gasteiger partial charge in [0, 0.05) is 17.6 Å². The summed E-state index contributed by atoms with van der Waals surface area (Å²) in [7, 11) is 0. The van der Waals surface area contributed by atoms with Gasteiger partial charge in [-0.2, -0.15) is 0 Å². The molecular weight excluding hydrogens is 400 g/mol. The number of anilines is 2. The van der Waals surface area contributed by atoms with Gasteiger partial charge in [0.1, 0.15) is 24.4 Å². The van der Waals surface area contributed by atoms with Gasteiger partial charge in [0.15, 0.2) is 11.6 Å². The summed E-state index contributed by atoms with van der Waals surface area (Å²) in [6.07, 6.45) is 9.59. The monoisotopic (exact) mass is 428 g/mol. The Hall–Kier alpha value is -3.35. The molecule has 6 rings (SSSR count). The van der Waals surface area contributed by atoms with Crippen molar-refractivity contribution in [2.24, 2.45) is 5.92 Å². The van der Waals surface area contributed by atoms with Gasteiger partial charge >= 0.3 is 0 Å². The fourth-order valence-electron chi connectivity index (χ4n) is 5.27. The predicted molar refractivity (Wildman–Crippen MR) is 127 cm³/mol. The van der Waals surface area contributed by atoms with Crippen LogP contribution in [0.5, 0.6) is 5.75 Å². The molecule has 1 aromatic carbocycles. The van der Waals surface area contributed by atoms with E-state index in [-0.39, 0.29) is 6.04 Å². The quantitative estimate of drug-likeness (QED) is 0.488. The van der Waals surface area contributed by atoms with Crippen molar-refractivity contribution < 1.29 is 4.74 Å². The van der Waals surface area contributed by atoms with Crippen LogP contribution in [0.1, 0.15) is 44.2 Å². The molecule has 3 atom stereocenters. The summed E-state index contributed by atoms with van der Waals surface area (Å²) in [6, 6.07) is 11.6. The summed E-state index contributed by atoms with van der Waals surface area (Å²) in [5, 5.41) is 5.51. The molecular formula is C25H28N6O. The number of nitrogens with one attached hydrogen (secondary N) is 1. The number of benzene rings is 1. The summed E-state index contributed by atoms with van der Waals surface area (Å²) in [5.41, 5.74) is 9.35. The van der Waals surface area contributed by atoms with Gasteiger partial charge < -0.3 is 20.4 Å². The molecule has 0 saturated heterocycles.